The Morgan fingerprint density at radius 2 is 0.897 bits per heavy atom. The predicted molar refractivity (Wildman–Crippen MR) is 292 cm³/mol. The number of benzene rings is 10. The monoisotopic (exact) mass is 885 g/mol. The molecule has 0 aliphatic heterocycles. The van der Waals surface area contributed by atoms with E-state index in [1.165, 1.54) is 70.5 Å². The largest absolute Gasteiger partial charge is 0.311 e. The number of nitrogens with zero attached hydrogens (tertiary/aromatic N) is 1. The number of hydrogen-bond donors (Lipinski definition) is 0. The maximum Gasteiger partial charge on any atom is 0.180 e. The Hall–Kier alpha value is -8.30. The van der Waals surface area contributed by atoms with Crippen LogP contribution in [0.15, 0.2) is 297 Å². The summed E-state index contributed by atoms with van der Waals surface area (Å²) in [5.41, 5.74) is 12.4. The molecule has 0 unspecified atom stereocenters. The van der Waals surface area contributed by atoms with Crippen LogP contribution in [0.4, 0.5) is 11.4 Å². The number of hydrogen-bond acceptors (Lipinski definition) is 1. The van der Waals surface area contributed by atoms with Gasteiger partial charge in [-0.2, -0.15) is 0 Å². The van der Waals surface area contributed by atoms with E-state index in [4.69, 9.17) is 0 Å². The Balaban J connectivity index is 1.03. The number of anilines is 2. The first-order chi connectivity index (χ1) is 33.6. The summed E-state index contributed by atoms with van der Waals surface area (Å²) in [4.78, 5) is 2.34. The fraction of sp³-hybridized carbons (Fsp3) is 0.0303. The number of rotatable bonds is 12. The van der Waals surface area contributed by atoms with Crippen LogP contribution in [-0.2, 0) is 5.41 Å². The van der Waals surface area contributed by atoms with Gasteiger partial charge in [-0.15, -0.1) is 0 Å². The van der Waals surface area contributed by atoms with E-state index in [9.17, 15) is 0 Å². The van der Waals surface area contributed by atoms with Gasteiger partial charge in [0, 0.05) is 17.1 Å². The van der Waals surface area contributed by atoms with Crippen molar-refractivity contribution in [1.29, 1.82) is 0 Å². The quantitative estimate of drug-likeness (QED) is 0.0671. The van der Waals surface area contributed by atoms with Crippen molar-refractivity contribution < 1.29 is 0 Å². The first-order valence-corrected chi connectivity index (χ1v) is 25.5. The molecular weight excluding hydrogens is 835 g/mol. The summed E-state index contributed by atoms with van der Waals surface area (Å²) >= 11 is 0. The summed E-state index contributed by atoms with van der Waals surface area (Å²) in [6.07, 6.45) is 4.39. The van der Waals surface area contributed by atoms with Crippen LogP contribution in [0.1, 0.15) is 29.2 Å². The molecule has 68 heavy (non-hydrogen) atoms. The first-order valence-electron chi connectivity index (χ1n) is 23.5. The van der Waals surface area contributed by atoms with Crippen molar-refractivity contribution in [2.24, 2.45) is 0 Å². The van der Waals surface area contributed by atoms with E-state index in [0.717, 1.165) is 22.6 Å². The van der Waals surface area contributed by atoms with Gasteiger partial charge in [-0.25, -0.2) is 0 Å². The third kappa shape index (κ3) is 7.09. The molecule has 0 amide bonds. The minimum atomic E-state index is -2.79. The molecule has 0 spiro atoms. The second-order valence-corrected chi connectivity index (χ2v) is 21.4. The molecule has 10 aromatic rings. The highest BCUT2D eigenvalue weighted by Gasteiger charge is 2.46. The molecule has 0 bridgehead atoms. The van der Waals surface area contributed by atoms with Crippen LogP contribution in [0.25, 0.3) is 27.5 Å². The van der Waals surface area contributed by atoms with Crippen LogP contribution in [0, 0.1) is 0 Å². The molecule has 1 nitrogen and oxygen atoms in total. The van der Waals surface area contributed by atoms with Gasteiger partial charge in [-0.05, 0) is 119 Å². The molecule has 0 radical (unpaired) electrons. The summed E-state index contributed by atoms with van der Waals surface area (Å²) in [7, 11) is -2.79. The van der Waals surface area contributed by atoms with Crippen molar-refractivity contribution >= 4 is 56.5 Å². The second kappa shape index (κ2) is 18.2. The lowest BCUT2D eigenvalue weighted by atomic mass is 9.66. The van der Waals surface area contributed by atoms with Crippen LogP contribution < -0.4 is 25.6 Å². The van der Waals surface area contributed by atoms with Crippen LogP contribution >= 0.6 is 0 Å². The average Bonchev–Trinajstić information content (AvgIpc) is 3.67. The van der Waals surface area contributed by atoms with E-state index in [1.54, 1.807) is 0 Å². The van der Waals surface area contributed by atoms with E-state index in [0.29, 0.717) is 0 Å². The van der Waals surface area contributed by atoms with Crippen LogP contribution in [0.2, 0.25) is 0 Å². The molecule has 324 valence electrons. The lowest BCUT2D eigenvalue weighted by Gasteiger charge is -2.36. The fourth-order valence-corrected chi connectivity index (χ4v) is 16.1. The van der Waals surface area contributed by atoms with E-state index in [-0.39, 0.29) is 0 Å². The number of para-hydroxylation sites is 1. The smallest absolute Gasteiger partial charge is 0.180 e. The SMILES string of the molecule is C=C/C(=C\C1=C(C)c2ccccc2C1(c1ccccc1)c1ccccc1)N(c1ccccc1)c1ccc(-c2ccc([Si](c3ccccc3)(c3ccccc3)c3cccc4ccccc34)cc2)cc1. The highest BCUT2D eigenvalue weighted by atomic mass is 28.3. The van der Waals surface area contributed by atoms with Gasteiger partial charge in [0.15, 0.2) is 8.07 Å². The summed E-state index contributed by atoms with van der Waals surface area (Å²) in [6.45, 7) is 6.77. The zero-order chi connectivity index (χ0) is 45.9. The van der Waals surface area contributed by atoms with Gasteiger partial charge in [0.1, 0.15) is 0 Å². The van der Waals surface area contributed by atoms with Crippen molar-refractivity contribution in [3.8, 4) is 11.1 Å². The average molecular weight is 886 g/mol. The molecule has 11 rings (SSSR count). The highest BCUT2D eigenvalue weighted by Crippen LogP contribution is 2.55. The zero-order valence-corrected chi connectivity index (χ0v) is 39.2. The Labute approximate surface area is 402 Å². The molecule has 2 heteroatoms. The molecule has 0 fully saturated rings. The Kier molecular flexibility index (Phi) is 11.3. The summed E-state index contributed by atoms with van der Waals surface area (Å²) in [6, 6.07) is 98.1. The Bertz CT molecular complexity index is 3350. The molecule has 0 atom stereocenters. The van der Waals surface area contributed by atoms with Crippen molar-refractivity contribution in [3.05, 3.63) is 319 Å². The maximum atomic E-state index is 4.49. The molecular formula is C66H51NSi. The molecule has 0 aromatic heterocycles. The first kappa shape index (κ1) is 42.3. The Morgan fingerprint density at radius 1 is 0.441 bits per heavy atom. The number of fused-ring (bicyclic) bond motifs is 2. The lowest BCUT2D eigenvalue weighted by Crippen LogP contribution is -2.74. The van der Waals surface area contributed by atoms with Gasteiger partial charge in [-0.1, -0.05) is 249 Å². The van der Waals surface area contributed by atoms with Gasteiger partial charge in [0.05, 0.1) is 5.41 Å². The van der Waals surface area contributed by atoms with Gasteiger partial charge in [-0.3, -0.25) is 0 Å². The van der Waals surface area contributed by atoms with Crippen LogP contribution in [0.3, 0.4) is 0 Å². The molecule has 0 saturated heterocycles. The molecule has 1 aliphatic carbocycles. The summed E-state index contributed by atoms with van der Waals surface area (Å²) in [5.74, 6) is 0. The van der Waals surface area contributed by atoms with Crippen molar-refractivity contribution in [1.82, 2.24) is 0 Å². The molecule has 0 N–H and O–H groups in total. The highest BCUT2D eigenvalue weighted by molar-refractivity contribution is 7.20. The summed E-state index contributed by atoms with van der Waals surface area (Å²) in [5, 5.41) is 8.04. The standard InChI is InChI=1S/C66H51NSi/c1-3-55(48-64-49(2)61-36-21-22-38-63(61)66(64,53-26-9-4-10-27-53)54-28-11-5-12-29-54)67(56-30-13-6-14-31-56)57-44-40-50(41-45-57)51-42-46-60(47-43-51)68(58-32-15-7-16-33-58,59-34-17-8-18-35-59)65-39-23-25-52-24-19-20-37-62(52)65/h3-48H,1H2,2H3/b55-48+. The topological polar surface area (TPSA) is 3.24 Å². The van der Waals surface area contributed by atoms with E-state index >= 15 is 0 Å². The van der Waals surface area contributed by atoms with Crippen LogP contribution in [0.5, 0.6) is 0 Å². The molecule has 10 aromatic carbocycles. The fourth-order valence-electron chi connectivity index (χ4n) is 11.1. The lowest BCUT2D eigenvalue weighted by molar-refractivity contribution is 0.759. The normalized spacial score (nSPS) is 13.3. The Morgan fingerprint density at radius 3 is 1.49 bits per heavy atom. The molecule has 0 saturated carbocycles. The van der Waals surface area contributed by atoms with Crippen molar-refractivity contribution in [3.63, 3.8) is 0 Å². The summed E-state index contributed by atoms with van der Waals surface area (Å²) < 4.78 is 0. The molecule has 1 aliphatic rings. The van der Waals surface area contributed by atoms with E-state index in [2.05, 4.69) is 291 Å². The zero-order valence-electron chi connectivity index (χ0n) is 38.2. The van der Waals surface area contributed by atoms with Gasteiger partial charge in [0.25, 0.3) is 0 Å². The van der Waals surface area contributed by atoms with Gasteiger partial charge in [0.2, 0.25) is 0 Å². The van der Waals surface area contributed by atoms with Gasteiger partial charge >= 0.3 is 0 Å². The van der Waals surface area contributed by atoms with Crippen LogP contribution in [-0.4, -0.2) is 8.07 Å². The molecule has 0 heterocycles. The third-order valence-corrected chi connectivity index (χ3v) is 19.0. The second-order valence-electron chi connectivity index (χ2n) is 17.6. The van der Waals surface area contributed by atoms with E-state index in [1.807, 2.05) is 6.08 Å². The maximum absolute atomic E-state index is 4.49. The van der Waals surface area contributed by atoms with E-state index < -0.39 is 13.5 Å². The van der Waals surface area contributed by atoms with Crippen molar-refractivity contribution in [2.75, 3.05) is 4.90 Å². The van der Waals surface area contributed by atoms with Gasteiger partial charge < -0.3 is 4.90 Å². The minimum Gasteiger partial charge on any atom is -0.311 e. The third-order valence-electron chi connectivity index (χ3n) is 14.1. The number of allylic oxidation sites excluding steroid dienone is 4. The minimum absolute atomic E-state index is 0.537. The van der Waals surface area contributed by atoms with Crippen molar-refractivity contribution in [2.45, 2.75) is 12.3 Å². The predicted octanol–water partition coefficient (Wildman–Crippen LogP) is 13.9.